The van der Waals surface area contributed by atoms with Crippen LogP contribution >= 0.6 is 0 Å². The summed E-state index contributed by atoms with van der Waals surface area (Å²) in [5, 5.41) is 2.47. The number of carbonyl (C=O) groups excluding carboxylic acids is 2. The summed E-state index contributed by atoms with van der Waals surface area (Å²) in [5.41, 5.74) is 2.65. The van der Waals surface area contributed by atoms with Crippen LogP contribution in [-0.2, 0) is 0 Å². The number of oxazole rings is 1. The zero-order valence-corrected chi connectivity index (χ0v) is 15.9. The smallest absolute Gasteiger partial charge is 0.302 e. The minimum atomic E-state index is -0.509. The zero-order chi connectivity index (χ0) is 20.2. The molecule has 1 fully saturated rings. The third-order valence-electron chi connectivity index (χ3n) is 4.67. The van der Waals surface area contributed by atoms with Gasteiger partial charge >= 0.3 is 6.01 Å². The topological polar surface area (TPSA) is 104 Å². The Balaban J connectivity index is 1.35. The second-order valence-electron chi connectivity index (χ2n) is 6.70. The van der Waals surface area contributed by atoms with E-state index < -0.39 is 5.91 Å². The lowest BCUT2D eigenvalue weighted by atomic mass is 10.2. The molecule has 1 saturated heterocycles. The van der Waals surface area contributed by atoms with E-state index in [0.717, 1.165) is 18.8 Å². The van der Waals surface area contributed by atoms with Crippen LogP contribution in [0.4, 0.5) is 11.7 Å². The Labute approximate surface area is 167 Å². The predicted octanol–water partition coefficient (Wildman–Crippen LogP) is 1.99. The van der Waals surface area contributed by atoms with Gasteiger partial charge in [-0.3, -0.25) is 19.9 Å². The highest BCUT2D eigenvalue weighted by Gasteiger charge is 2.25. The standard InChI is InChI=1S/C20H20N6O3/c1-14-3-2-4-15(11-14)25-7-9-26(10-8-25)19(28)17-13-29-20(23-17)24-18(27)16-12-21-5-6-22-16/h2-6,11-13H,7-10H2,1H3,(H,23,24,27). The van der Waals surface area contributed by atoms with Gasteiger partial charge in [0.2, 0.25) is 0 Å². The summed E-state index contributed by atoms with van der Waals surface area (Å²) >= 11 is 0. The van der Waals surface area contributed by atoms with E-state index in [1.54, 1.807) is 4.90 Å². The van der Waals surface area contributed by atoms with E-state index >= 15 is 0 Å². The quantitative estimate of drug-likeness (QED) is 0.724. The van der Waals surface area contributed by atoms with Crippen molar-refractivity contribution in [1.29, 1.82) is 0 Å². The second-order valence-corrected chi connectivity index (χ2v) is 6.70. The largest absolute Gasteiger partial charge is 0.431 e. The van der Waals surface area contributed by atoms with Crippen LogP contribution in [0, 0.1) is 6.92 Å². The van der Waals surface area contributed by atoms with Crippen LogP contribution in [0.1, 0.15) is 26.5 Å². The second kappa shape index (κ2) is 8.09. The first kappa shape index (κ1) is 18.6. The minimum absolute atomic E-state index is 0.0533. The first-order valence-corrected chi connectivity index (χ1v) is 9.24. The summed E-state index contributed by atoms with van der Waals surface area (Å²) in [7, 11) is 0. The number of rotatable bonds is 4. The molecule has 9 heteroatoms. The van der Waals surface area contributed by atoms with Crippen LogP contribution < -0.4 is 10.2 Å². The fraction of sp³-hybridized carbons (Fsp3) is 0.250. The maximum atomic E-state index is 12.7. The molecule has 0 unspecified atom stereocenters. The van der Waals surface area contributed by atoms with Gasteiger partial charge in [0.05, 0.1) is 6.20 Å². The normalized spacial score (nSPS) is 14.0. The molecule has 3 heterocycles. The molecule has 0 saturated carbocycles. The van der Waals surface area contributed by atoms with Crippen molar-refractivity contribution in [2.45, 2.75) is 6.92 Å². The van der Waals surface area contributed by atoms with Crippen molar-refractivity contribution in [3.05, 3.63) is 66.1 Å². The lowest BCUT2D eigenvalue weighted by molar-refractivity contribution is 0.0740. The third-order valence-corrected chi connectivity index (χ3v) is 4.67. The van der Waals surface area contributed by atoms with Crippen LogP contribution in [0.2, 0.25) is 0 Å². The Morgan fingerprint density at radius 3 is 2.66 bits per heavy atom. The number of benzene rings is 1. The molecule has 2 amide bonds. The van der Waals surface area contributed by atoms with Crippen LogP contribution in [0.5, 0.6) is 0 Å². The maximum absolute atomic E-state index is 12.7. The van der Waals surface area contributed by atoms with Crippen LogP contribution in [-0.4, -0.2) is 57.8 Å². The molecule has 148 valence electrons. The highest BCUT2D eigenvalue weighted by molar-refractivity contribution is 6.01. The number of aromatic nitrogens is 3. The number of nitrogens with one attached hydrogen (secondary N) is 1. The minimum Gasteiger partial charge on any atom is -0.431 e. The predicted molar refractivity (Wildman–Crippen MR) is 106 cm³/mol. The van der Waals surface area contributed by atoms with Gasteiger partial charge in [0.25, 0.3) is 11.8 Å². The summed E-state index contributed by atoms with van der Waals surface area (Å²) in [5.74, 6) is -0.733. The van der Waals surface area contributed by atoms with E-state index in [0.29, 0.717) is 13.1 Å². The summed E-state index contributed by atoms with van der Waals surface area (Å²) in [6.07, 6.45) is 5.47. The van der Waals surface area contributed by atoms with Crippen molar-refractivity contribution in [3.8, 4) is 0 Å². The maximum Gasteiger partial charge on any atom is 0.302 e. The van der Waals surface area contributed by atoms with Gasteiger partial charge < -0.3 is 14.2 Å². The van der Waals surface area contributed by atoms with Gasteiger partial charge in [-0.2, -0.15) is 4.98 Å². The van der Waals surface area contributed by atoms with Crippen molar-refractivity contribution in [3.63, 3.8) is 0 Å². The molecule has 0 aliphatic carbocycles. The average molecular weight is 392 g/mol. The highest BCUT2D eigenvalue weighted by Crippen LogP contribution is 2.19. The molecule has 2 aromatic heterocycles. The lowest BCUT2D eigenvalue weighted by Gasteiger charge is -2.35. The van der Waals surface area contributed by atoms with E-state index in [2.05, 4.69) is 50.3 Å². The number of anilines is 2. The van der Waals surface area contributed by atoms with E-state index in [9.17, 15) is 9.59 Å². The molecular formula is C20H20N6O3. The van der Waals surface area contributed by atoms with E-state index in [1.807, 2.05) is 6.07 Å². The molecule has 1 aliphatic rings. The van der Waals surface area contributed by atoms with Crippen molar-refractivity contribution < 1.29 is 14.0 Å². The van der Waals surface area contributed by atoms with Gasteiger partial charge in [-0.1, -0.05) is 12.1 Å². The molecule has 4 rings (SSSR count). The van der Waals surface area contributed by atoms with Crippen LogP contribution in [0.15, 0.2) is 53.5 Å². The fourth-order valence-corrected chi connectivity index (χ4v) is 3.16. The molecule has 1 N–H and O–H groups in total. The van der Waals surface area contributed by atoms with Crippen LogP contribution in [0.25, 0.3) is 0 Å². The number of piperazine rings is 1. The average Bonchev–Trinajstić information content (AvgIpc) is 3.22. The van der Waals surface area contributed by atoms with Crippen molar-refractivity contribution >= 4 is 23.5 Å². The van der Waals surface area contributed by atoms with E-state index in [-0.39, 0.29) is 23.3 Å². The number of aryl methyl sites for hydroxylation is 1. The van der Waals surface area contributed by atoms with Gasteiger partial charge in [-0.25, -0.2) is 4.98 Å². The SMILES string of the molecule is Cc1cccc(N2CCN(C(=O)c3coc(NC(=O)c4cnccn4)n3)CC2)c1. The third kappa shape index (κ3) is 4.23. The van der Waals surface area contributed by atoms with Crippen molar-refractivity contribution in [2.24, 2.45) is 0 Å². The summed E-state index contributed by atoms with van der Waals surface area (Å²) in [6.45, 7) is 4.71. The Bertz CT molecular complexity index is 1010. The molecule has 9 nitrogen and oxygen atoms in total. The van der Waals surface area contributed by atoms with E-state index in [4.69, 9.17) is 4.42 Å². The molecule has 0 radical (unpaired) electrons. The molecule has 0 bridgehead atoms. The first-order chi connectivity index (χ1) is 14.1. The molecular weight excluding hydrogens is 372 g/mol. The Morgan fingerprint density at radius 1 is 1.10 bits per heavy atom. The Kier molecular flexibility index (Phi) is 5.19. The van der Waals surface area contributed by atoms with Gasteiger partial charge in [-0.15, -0.1) is 0 Å². The van der Waals surface area contributed by atoms with Gasteiger partial charge in [0.1, 0.15) is 12.0 Å². The number of hydrogen-bond acceptors (Lipinski definition) is 7. The fourth-order valence-electron chi connectivity index (χ4n) is 3.16. The van der Waals surface area contributed by atoms with E-state index in [1.165, 1.54) is 30.4 Å². The van der Waals surface area contributed by atoms with Gasteiger partial charge in [0.15, 0.2) is 5.69 Å². The van der Waals surface area contributed by atoms with Crippen molar-refractivity contribution in [2.75, 3.05) is 36.4 Å². The van der Waals surface area contributed by atoms with Crippen LogP contribution in [0.3, 0.4) is 0 Å². The number of amides is 2. The Morgan fingerprint density at radius 2 is 1.93 bits per heavy atom. The Hall–Kier alpha value is -3.75. The summed E-state index contributed by atoms with van der Waals surface area (Å²) in [4.78, 5) is 40.6. The number of hydrogen-bond donors (Lipinski definition) is 1. The molecule has 3 aromatic rings. The summed E-state index contributed by atoms with van der Waals surface area (Å²) < 4.78 is 5.22. The number of carbonyl (C=O) groups is 2. The van der Waals surface area contributed by atoms with Gasteiger partial charge in [0, 0.05) is 44.3 Å². The lowest BCUT2D eigenvalue weighted by Crippen LogP contribution is -2.48. The molecule has 29 heavy (non-hydrogen) atoms. The monoisotopic (exact) mass is 392 g/mol. The molecule has 0 atom stereocenters. The number of nitrogens with zero attached hydrogens (tertiary/aromatic N) is 5. The van der Waals surface area contributed by atoms with Gasteiger partial charge in [-0.05, 0) is 24.6 Å². The zero-order valence-electron chi connectivity index (χ0n) is 15.9. The molecule has 1 aromatic carbocycles. The molecule has 0 spiro atoms. The first-order valence-electron chi connectivity index (χ1n) is 9.24. The van der Waals surface area contributed by atoms with Crippen molar-refractivity contribution in [1.82, 2.24) is 19.9 Å². The summed E-state index contributed by atoms with van der Waals surface area (Å²) in [6, 6.07) is 8.26. The highest BCUT2D eigenvalue weighted by atomic mass is 16.4. The molecule has 1 aliphatic heterocycles.